The molecule has 2 aromatic rings. The second-order valence-corrected chi connectivity index (χ2v) is 6.28. The number of halogens is 2. The molecule has 20 heavy (non-hydrogen) atoms. The minimum Gasteiger partial charge on any atom is -0.349 e. The summed E-state index contributed by atoms with van der Waals surface area (Å²) in [6.07, 6.45) is 0.984. The third-order valence-corrected chi connectivity index (χ3v) is 4.91. The molecule has 2 rings (SSSR count). The number of nitrogens with one attached hydrogen (secondary N) is 1. The molecule has 0 aliphatic rings. The molecule has 0 saturated carbocycles. The smallest absolute Gasteiger partial charge is 0.220 e. The Bertz CT molecular complexity index is 584. The third kappa shape index (κ3) is 3.98. The van der Waals surface area contributed by atoms with E-state index in [4.69, 9.17) is 23.2 Å². The summed E-state index contributed by atoms with van der Waals surface area (Å²) in [5, 5.41) is 6.05. The lowest BCUT2D eigenvalue weighted by atomic mass is 10.1. The topological polar surface area (TPSA) is 29.1 Å². The van der Waals surface area contributed by atoms with Crippen LogP contribution in [0.1, 0.15) is 29.8 Å². The summed E-state index contributed by atoms with van der Waals surface area (Å²) in [6, 6.07) is 9.52. The molecule has 0 bridgehead atoms. The highest BCUT2D eigenvalue weighted by Gasteiger charge is 2.11. The molecule has 0 spiro atoms. The van der Waals surface area contributed by atoms with Crippen molar-refractivity contribution in [2.24, 2.45) is 0 Å². The van der Waals surface area contributed by atoms with Gasteiger partial charge in [0.2, 0.25) is 5.91 Å². The zero-order valence-electron chi connectivity index (χ0n) is 11.0. The van der Waals surface area contributed by atoms with Crippen molar-refractivity contribution in [3.05, 3.63) is 56.2 Å². The van der Waals surface area contributed by atoms with Crippen LogP contribution in [-0.2, 0) is 11.2 Å². The lowest BCUT2D eigenvalue weighted by molar-refractivity contribution is -0.121. The number of amides is 1. The van der Waals surface area contributed by atoms with Crippen molar-refractivity contribution >= 4 is 40.4 Å². The van der Waals surface area contributed by atoms with Crippen LogP contribution in [0.25, 0.3) is 0 Å². The molecule has 2 nitrogen and oxygen atoms in total. The maximum absolute atomic E-state index is 11.9. The van der Waals surface area contributed by atoms with Crippen molar-refractivity contribution in [1.29, 1.82) is 0 Å². The first-order chi connectivity index (χ1) is 9.58. The van der Waals surface area contributed by atoms with Gasteiger partial charge in [0.1, 0.15) is 0 Å². The normalized spacial score (nSPS) is 12.2. The van der Waals surface area contributed by atoms with Crippen molar-refractivity contribution in [2.75, 3.05) is 0 Å². The predicted octanol–water partition coefficient (Wildman–Crippen LogP) is 4.86. The molecule has 1 atom stereocenters. The summed E-state index contributed by atoms with van der Waals surface area (Å²) in [6.45, 7) is 1.98. The summed E-state index contributed by atoms with van der Waals surface area (Å²) in [7, 11) is 0. The van der Waals surface area contributed by atoms with Gasteiger partial charge in [0.15, 0.2) is 0 Å². The molecule has 1 N–H and O–H groups in total. The maximum atomic E-state index is 11.9. The van der Waals surface area contributed by atoms with Crippen LogP contribution in [0.5, 0.6) is 0 Å². The molecule has 106 valence electrons. The maximum Gasteiger partial charge on any atom is 0.220 e. The minimum absolute atomic E-state index is 0.0157. The fourth-order valence-electron chi connectivity index (χ4n) is 1.91. The highest BCUT2D eigenvalue weighted by Crippen LogP contribution is 2.26. The average molecular weight is 328 g/mol. The van der Waals surface area contributed by atoms with Gasteiger partial charge in [-0.2, -0.15) is 0 Å². The molecule has 0 saturated heterocycles. The van der Waals surface area contributed by atoms with E-state index in [0.717, 1.165) is 10.4 Å². The number of rotatable bonds is 5. The van der Waals surface area contributed by atoms with Gasteiger partial charge in [-0.3, -0.25) is 4.79 Å². The second kappa shape index (κ2) is 7.11. The number of hydrogen-bond donors (Lipinski definition) is 1. The van der Waals surface area contributed by atoms with Crippen molar-refractivity contribution in [3.8, 4) is 0 Å². The molecule has 1 heterocycles. The predicted molar refractivity (Wildman–Crippen MR) is 85.7 cm³/mol. The van der Waals surface area contributed by atoms with Crippen molar-refractivity contribution < 1.29 is 4.79 Å². The molecule has 0 radical (unpaired) electrons. The van der Waals surface area contributed by atoms with E-state index in [-0.39, 0.29) is 11.9 Å². The highest BCUT2D eigenvalue weighted by atomic mass is 35.5. The summed E-state index contributed by atoms with van der Waals surface area (Å²) >= 11 is 13.7. The van der Waals surface area contributed by atoms with E-state index in [1.165, 1.54) is 0 Å². The molecule has 0 unspecified atom stereocenters. The molecule has 1 aromatic heterocycles. The summed E-state index contributed by atoms with van der Waals surface area (Å²) in [4.78, 5) is 13.1. The fourth-order valence-corrected chi connectivity index (χ4v) is 3.06. The summed E-state index contributed by atoms with van der Waals surface area (Å²) in [5.41, 5.74) is 0.901. The van der Waals surface area contributed by atoms with Crippen LogP contribution >= 0.6 is 34.5 Å². The highest BCUT2D eigenvalue weighted by molar-refractivity contribution is 7.10. The first kappa shape index (κ1) is 15.4. The zero-order chi connectivity index (χ0) is 14.5. The SMILES string of the molecule is C[C@H](NC(=O)CCc1cccc(Cl)c1Cl)c1cccs1. The molecule has 1 amide bonds. The minimum atomic E-state index is 0.0157. The van der Waals surface area contributed by atoms with Crippen LogP contribution in [-0.4, -0.2) is 5.91 Å². The van der Waals surface area contributed by atoms with Gasteiger partial charge < -0.3 is 5.32 Å². The molecule has 0 aliphatic heterocycles. The quantitative estimate of drug-likeness (QED) is 0.834. The average Bonchev–Trinajstić information content (AvgIpc) is 2.94. The van der Waals surface area contributed by atoms with E-state index in [9.17, 15) is 4.79 Å². The van der Waals surface area contributed by atoms with Gasteiger partial charge in [0.05, 0.1) is 16.1 Å². The van der Waals surface area contributed by atoms with Crippen LogP contribution in [0.2, 0.25) is 10.0 Å². The Morgan fingerprint density at radius 2 is 2.10 bits per heavy atom. The van der Waals surface area contributed by atoms with Gasteiger partial charge in [-0.05, 0) is 36.4 Å². The second-order valence-electron chi connectivity index (χ2n) is 4.52. The number of carbonyl (C=O) groups is 1. The van der Waals surface area contributed by atoms with Crippen molar-refractivity contribution in [3.63, 3.8) is 0 Å². The molecule has 0 aliphatic carbocycles. The third-order valence-electron chi connectivity index (χ3n) is 3.00. The van der Waals surface area contributed by atoms with E-state index < -0.39 is 0 Å². The van der Waals surface area contributed by atoms with Gasteiger partial charge in [-0.1, -0.05) is 41.4 Å². The molecule has 0 fully saturated rings. The Morgan fingerprint density at radius 1 is 1.30 bits per heavy atom. The van der Waals surface area contributed by atoms with Gasteiger partial charge >= 0.3 is 0 Å². The molecule has 5 heteroatoms. The van der Waals surface area contributed by atoms with Gasteiger partial charge in [0.25, 0.3) is 0 Å². The van der Waals surface area contributed by atoms with Crippen LogP contribution < -0.4 is 5.32 Å². The number of hydrogen-bond acceptors (Lipinski definition) is 2. The summed E-state index contributed by atoms with van der Waals surface area (Å²) in [5.74, 6) is 0.0157. The number of carbonyl (C=O) groups excluding carboxylic acids is 1. The van der Waals surface area contributed by atoms with Crippen molar-refractivity contribution in [2.45, 2.75) is 25.8 Å². The van der Waals surface area contributed by atoms with Gasteiger partial charge in [-0.15, -0.1) is 11.3 Å². The largest absolute Gasteiger partial charge is 0.349 e. The van der Waals surface area contributed by atoms with E-state index in [2.05, 4.69) is 5.32 Å². The first-order valence-corrected chi connectivity index (χ1v) is 7.97. The van der Waals surface area contributed by atoms with Crippen molar-refractivity contribution in [1.82, 2.24) is 5.32 Å². The van der Waals surface area contributed by atoms with E-state index in [1.54, 1.807) is 17.4 Å². The molecule has 1 aromatic carbocycles. The summed E-state index contributed by atoms with van der Waals surface area (Å²) < 4.78 is 0. The number of thiophene rings is 1. The fraction of sp³-hybridized carbons (Fsp3) is 0.267. The molecular weight excluding hydrogens is 313 g/mol. The number of benzene rings is 1. The standard InChI is InChI=1S/C15H15Cl2NOS/c1-10(13-6-3-9-20-13)18-14(19)8-7-11-4-2-5-12(16)15(11)17/h2-6,9-10H,7-8H2,1H3,(H,18,19)/t10-/m0/s1. The van der Waals surface area contributed by atoms with E-state index in [1.807, 2.05) is 36.6 Å². The Morgan fingerprint density at radius 3 is 2.80 bits per heavy atom. The Balaban J connectivity index is 1.88. The van der Waals surface area contributed by atoms with Gasteiger partial charge in [0, 0.05) is 11.3 Å². The Hall–Kier alpha value is -1.03. The molecular formula is C15H15Cl2NOS. The lowest BCUT2D eigenvalue weighted by Gasteiger charge is -2.12. The van der Waals surface area contributed by atoms with E-state index in [0.29, 0.717) is 22.9 Å². The Kier molecular flexibility index (Phi) is 5.46. The van der Waals surface area contributed by atoms with E-state index >= 15 is 0 Å². The number of aryl methyl sites for hydroxylation is 1. The van der Waals surface area contributed by atoms with Crippen LogP contribution in [0.3, 0.4) is 0 Å². The van der Waals surface area contributed by atoms with Crippen LogP contribution in [0, 0.1) is 0 Å². The zero-order valence-corrected chi connectivity index (χ0v) is 13.4. The van der Waals surface area contributed by atoms with Crippen LogP contribution in [0.4, 0.5) is 0 Å². The monoisotopic (exact) mass is 327 g/mol. The van der Waals surface area contributed by atoms with Crippen LogP contribution in [0.15, 0.2) is 35.7 Å². The lowest BCUT2D eigenvalue weighted by Crippen LogP contribution is -2.26. The first-order valence-electron chi connectivity index (χ1n) is 6.33. The Labute approximate surface area is 132 Å². The van der Waals surface area contributed by atoms with Gasteiger partial charge in [-0.25, -0.2) is 0 Å².